The Morgan fingerprint density at radius 3 is 2.26 bits per heavy atom. The van der Waals surface area contributed by atoms with Crippen molar-refractivity contribution in [3.8, 4) is 0 Å². The second-order valence-corrected chi connectivity index (χ2v) is 10.1. The number of anilines is 1. The van der Waals surface area contributed by atoms with Crippen molar-refractivity contribution >= 4 is 27.5 Å². The maximum atomic E-state index is 13.3. The molecule has 0 aliphatic heterocycles. The maximum absolute atomic E-state index is 13.3. The third kappa shape index (κ3) is 7.55. The summed E-state index contributed by atoms with van der Waals surface area (Å²) >= 11 is 0. The number of nitrogens with one attached hydrogen (secondary N) is 1. The van der Waals surface area contributed by atoms with Crippen LogP contribution in [0.15, 0.2) is 48.5 Å². The number of hydrogen-bond donors (Lipinski definition) is 1. The Morgan fingerprint density at radius 1 is 1.06 bits per heavy atom. The molecule has 2 aromatic rings. The fourth-order valence-electron chi connectivity index (χ4n) is 3.82. The summed E-state index contributed by atoms with van der Waals surface area (Å²) in [6, 6.07) is 12.3. The summed E-state index contributed by atoms with van der Waals surface area (Å²) in [6.45, 7) is 6.20. The molecule has 9 heteroatoms. The average molecular weight is 492 g/mol. The standard InChI is InChI=1S/C25H34FN3O4S/c1-5-22(25(31)27-6-2)28(18-20-13-15-21(26)16-14-20)24(30)12-9-17-29(34(4,32)33)23-11-8-7-10-19(23)3/h7-8,10-11,13-16,22H,5-6,9,12,17-18H2,1-4H3,(H,27,31)/t22-/m0/s1. The molecule has 2 rings (SSSR count). The zero-order valence-electron chi connectivity index (χ0n) is 20.3. The van der Waals surface area contributed by atoms with Gasteiger partial charge in [0.05, 0.1) is 11.9 Å². The van der Waals surface area contributed by atoms with E-state index in [-0.39, 0.29) is 43.6 Å². The highest BCUT2D eigenvalue weighted by atomic mass is 32.2. The Hall–Kier alpha value is -2.94. The van der Waals surface area contributed by atoms with Crippen molar-refractivity contribution in [1.82, 2.24) is 10.2 Å². The molecule has 0 spiro atoms. The second-order valence-electron chi connectivity index (χ2n) is 8.19. The highest BCUT2D eigenvalue weighted by Gasteiger charge is 2.28. The van der Waals surface area contributed by atoms with E-state index in [9.17, 15) is 22.4 Å². The first-order chi connectivity index (χ1) is 16.1. The summed E-state index contributed by atoms with van der Waals surface area (Å²) in [7, 11) is -3.54. The lowest BCUT2D eigenvalue weighted by atomic mass is 10.1. The number of sulfonamides is 1. The van der Waals surface area contributed by atoms with Gasteiger partial charge in [-0.1, -0.05) is 37.3 Å². The van der Waals surface area contributed by atoms with Crippen LogP contribution in [0, 0.1) is 12.7 Å². The first-order valence-corrected chi connectivity index (χ1v) is 13.3. The summed E-state index contributed by atoms with van der Waals surface area (Å²) in [6.07, 6.45) is 1.91. The zero-order valence-corrected chi connectivity index (χ0v) is 21.1. The summed E-state index contributed by atoms with van der Waals surface area (Å²) in [5.41, 5.74) is 2.10. The van der Waals surface area contributed by atoms with Gasteiger partial charge in [0.15, 0.2) is 0 Å². The van der Waals surface area contributed by atoms with Gasteiger partial charge < -0.3 is 10.2 Å². The Kier molecular flexibility index (Phi) is 10.0. The highest BCUT2D eigenvalue weighted by molar-refractivity contribution is 7.92. The number of rotatable bonds is 12. The SMILES string of the molecule is CCNC(=O)[C@H](CC)N(Cc1ccc(F)cc1)C(=O)CCCN(c1ccccc1C)S(C)(=O)=O. The molecule has 0 aliphatic rings. The molecule has 2 amide bonds. The molecule has 7 nitrogen and oxygen atoms in total. The molecular weight excluding hydrogens is 457 g/mol. The van der Waals surface area contributed by atoms with Crippen LogP contribution < -0.4 is 9.62 Å². The quantitative estimate of drug-likeness (QED) is 0.491. The summed E-state index contributed by atoms with van der Waals surface area (Å²) < 4.78 is 39.5. The van der Waals surface area contributed by atoms with Crippen LogP contribution in [0.1, 0.15) is 44.2 Å². The monoisotopic (exact) mass is 491 g/mol. The molecule has 0 unspecified atom stereocenters. The molecule has 1 atom stereocenters. The fourth-order valence-corrected chi connectivity index (χ4v) is 4.85. The van der Waals surface area contributed by atoms with Crippen molar-refractivity contribution in [2.45, 2.75) is 52.6 Å². The van der Waals surface area contributed by atoms with Gasteiger partial charge in [0.25, 0.3) is 0 Å². The predicted molar refractivity (Wildman–Crippen MR) is 132 cm³/mol. The van der Waals surface area contributed by atoms with E-state index in [0.717, 1.165) is 11.8 Å². The summed E-state index contributed by atoms with van der Waals surface area (Å²) in [5, 5.41) is 2.77. The Morgan fingerprint density at radius 2 is 1.71 bits per heavy atom. The van der Waals surface area contributed by atoms with Gasteiger partial charge in [0, 0.05) is 26.1 Å². The molecule has 0 fully saturated rings. The fraction of sp³-hybridized carbons (Fsp3) is 0.440. The molecule has 2 aromatic carbocycles. The van der Waals surface area contributed by atoms with E-state index >= 15 is 0 Å². The van der Waals surface area contributed by atoms with Gasteiger partial charge in [-0.05, 0) is 56.0 Å². The molecule has 0 aromatic heterocycles. The third-order valence-corrected chi connectivity index (χ3v) is 6.72. The van der Waals surface area contributed by atoms with Crippen molar-refractivity contribution in [3.63, 3.8) is 0 Å². The molecule has 186 valence electrons. The third-order valence-electron chi connectivity index (χ3n) is 5.54. The number of hydrogen-bond acceptors (Lipinski definition) is 4. The first kappa shape index (κ1) is 27.3. The van der Waals surface area contributed by atoms with E-state index in [1.165, 1.54) is 21.3 Å². The minimum atomic E-state index is -3.54. The Labute approximate surface area is 202 Å². The summed E-state index contributed by atoms with van der Waals surface area (Å²) in [4.78, 5) is 27.4. The number of nitrogens with zero attached hydrogens (tertiary/aromatic N) is 2. The van der Waals surface area contributed by atoms with Crippen LogP contribution >= 0.6 is 0 Å². The molecule has 34 heavy (non-hydrogen) atoms. The van der Waals surface area contributed by atoms with Crippen LogP contribution in [-0.4, -0.2) is 50.5 Å². The van der Waals surface area contributed by atoms with Gasteiger partial charge in [-0.15, -0.1) is 0 Å². The van der Waals surface area contributed by atoms with Crippen LogP contribution in [0.5, 0.6) is 0 Å². The average Bonchev–Trinajstić information content (AvgIpc) is 2.78. The molecule has 0 aliphatic carbocycles. The number of benzene rings is 2. The van der Waals surface area contributed by atoms with Crippen molar-refractivity contribution in [2.24, 2.45) is 0 Å². The van der Waals surface area contributed by atoms with E-state index in [1.807, 2.05) is 32.9 Å². The van der Waals surface area contributed by atoms with E-state index < -0.39 is 16.1 Å². The molecule has 0 bridgehead atoms. The highest BCUT2D eigenvalue weighted by Crippen LogP contribution is 2.23. The molecule has 0 saturated heterocycles. The van der Waals surface area contributed by atoms with E-state index in [0.29, 0.717) is 24.2 Å². The molecule has 0 radical (unpaired) electrons. The summed E-state index contributed by atoms with van der Waals surface area (Å²) in [5.74, 6) is -0.895. The number of carbonyl (C=O) groups excluding carboxylic acids is 2. The van der Waals surface area contributed by atoms with Crippen LogP contribution in [-0.2, 0) is 26.2 Å². The topological polar surface area (TPSA) is 86.8 Å². The van der Waals surface area contributed by atoms with Gasteiger partial charge in [-0.25, -0.2) is 12.8 Å². The van der Waals surface area contributed by atoms with E-state index in [1.54, 1.807) is 24.3 Å². The van der Waals surface area contributed by atoms with E-state index in [4.69, 9.17) is 0 Å². The van der Waals surface area contributed by atoms with Crippen molar-refractivity contribution in [2.75, 3.05) is 23.7 Å². The number of amides is 2. The van der Waals surface area contributed by atoms with Crippen molar-refractivity contribution in [3.05, 3.63) is 65.5 Å². The molecule has 1 N–H and O–H groups in total. The molecule has 0 saturated carbocycles. The van der Waals surface area contributed by atoms with Gasteiger partial charge in [-0.3, -0.25) is 13.9 Å². The second kappa shape index (κ2) is 12.5. The normalized spacial score (nSPS) is 12.1. The maximum Gasteiger partial charge on any atom is 0.242 e. The lowest BCUT2D eigenvalue weighted by Gasteiger charge is -2.31. The minimum absolute atomic E-state index is 0.0645. The first-order valence-electron chi connectivity index (χ1n) is 11.4. The number of para-hydroxylation sites is 1. The Balaban J connectivity index is 2.20. The van der Waals surface area contributed by atoms with Gasteiger partial charge in [0.2, 0.25) is 21.8 Å². The Bertz CT molecular complexity index is 1070. The smallest absolute Gasteiger partial charge is 0.242 e. The number of likely N-dealkylation sites (N-methyl/N-ethyl adjacent to an activating group) is 1. The number of carbonyl (C=O) groups is 2. The predicted octanol–water partition coefficient (Wildman–Crippen LogP) is 3.62. The van der Waals surface area contributed by atoms with E-state index in [2.05, 4.69) is 5.32 Å². The minimum Gasteiger partial charge on any atom is -0.355 e. The lowest BCUT2D eigenvalue weighted by molar-refractivity contribution is -0.141. The number of halogens is 1. The zero-order chi connectivity index (χ0) is 25.3. The van der Waals surface area contributed by atoms with Gasteiger partial charge >= 0.3 is 0 Å². The largest absolute Gasteiger partial charge is 0.355 e. The van der Waals surface area contributed by atoms with Gasteiger partial charge in [0.1, 0.15) is 11.9 Å². The van der Waals surface area contributed by atoms with Gasteiger partial charge in [-0.2, -0.15) is 0 Å². The van der Waals surface area contributed by atoms with Crippen LogP contribution in [0.25, 0.3) is 0 Å². The number of aryl methyl sites for hydroxylation is 1. The van der Waals surface area contributed by atoms with Crippen LogP contribution in [0.4, 0.5) is 10.1 Å². The molecule has 0 heterocycles. The molecular formula is C25H34FN3O4S. The lowest BCUT2D eigenvalue weighted by Crippen LogP contribution is -2.49. The van der Waals surface area contributed by atoms with Crippen molar-refractivity contribution < 1.29 is 22.4 Å². The van der Waals surface area contributed by atoms with Crippen molar-refractivity contribution in [1.29, 1.82) is 0 Å². The van der Waals surface area contributed by atoms with Crippen LogP contribution in [0.3, 0.4) is 0 Å². The van der Waals surface area contributed by atoms with Crippen LogP contribution in [0.2, 0.25) is 0 Å².